The minimum Gasteiger partial charge on any atom is -0.392 e. The molecule has 0 aliphatic heterocycles. The Bertz CT molecular complexity index is 718. The molecule has 25 heavy (non-hydrogen) atoms. The molecule has 0 aromatic heterocycles. The van der Waals surface area contributed by atoms with E-state index in [1.54, 1.807) is 32.9 Å². The van der Waals surface area contributed by atoms with Crippen molar-refractivity contribution in [3.05, 3.63) is 35.5 Å². The highest BCUT2D eigenvalue weighted by atomic mass is 16.3. The Morgan fingerprint density at radius 2 is 1.96 bits per heavy atom. The fourth-order valence-corrected chi connectivity index (χ4v) is 5.13. The molecule has 0 heterocycles. The molecule has 0 saturated heterocycles. The van der Waals surface area contributed by atoms with Crippen LogP contribution in [0.1, 0.15) is 33.6 Å². The van der Waals surface area contributed by atoms with Crippen LogP contribution in [-0.4, -0.2) is 44.7 Å². The highest BCUT2D eigenvalue weighted by Gasteiger charge is 2.65. The molecule has 5 heteroatoms. The van der Waals surface area contributed by atoms with Crippen LogP contribution in [0.15, 0.2) is 35.5 Å². The van der Waals surface area contributed by atoms with Crippen LogP contribution in [0, 0.1) is 23.7 Å². The molecule has 3 aliphatic carbocycles. The maximum Gasteiger partial charge on any atom is 0.190 e. The third kappa shape index (κ3) is 2.33. The Kier molecular flexibility index (Phi) is 4.18. The monoisotopic (exact) mass is 346 g/mol. The molecular weight excluding hydrogens is 320 g/mol. The lowest BCUT2D eigenvalue weighted by Gasteiger charge is -2.51. The zero-order valence-corrected chi connectivity index (χ0v) is 15.0. The second-order valence-corrected chi connectivity index (χ2v) is 8.05. The van der Waals surface area contributed by atoms with Crippen molar-refractivity contribution in [2.24, 2.45) is 23.7 Å². The molecule has 3 aliphatic rings. The van der Waals surface area contributed by atoms with Crippen molar-refractivity contribution in [1.82, 2.24) is 0 Å². The van der Waals surface area contributed by atoms with Gasteiger partial charge in [-0.1, -0.05) is 31.2 Å². The molecule has 1 fully saturated rings. The van der Waals surface area contributed by atoms with E-state index < -0.39 is 40.7 Å². The van der Waals surface area contributed by atoms with E-state index in [2.05, 4.69) is 6.58 Å². The summed E-state index contributed by atoms with van der Waals surface area (Å²) >= 11 is 0. The van der Waals surface area contributed by atoms with Gasteiger partial charge in [0.2, 0.25) is 0 Å². The molecule has 0 amide bonds. The van der Waals surface area contributed by atoms with Crippen LogP contribution in [0.4, 0.5) is 0 Å². The average molecular weight is 346 g/mol. The Hall–Kier alpha value is -1.56. The second-order valence-electron chi connectivity index (χ2n) is 8.05. The summed E-state index contributed by atoms with van der Waals surface area (Å²) in [5.74, 6) is -2.88. The smallest absolute Gasteiger partial charge is 0.190 e. The lowest BCUT2D eigenvalue weighted by Crippen LogP contribution is -2.62. The Balaban J connectivity index is 2.26. The number of hydrogen-bond acceptors (Lipinski definition) is 5. The number of carbonyl (C=O) groups excluding carboxylic acids is 2. The first-order valence-corrected chi connectivity index (χ1v) is 8.73. The summed E-state index contributed by atoms with van der Waals surface area (Å²) < 4.78 is 0. The van der Waals surface area contributed by atoms with Crippen molar-refractivity contribution in [3.63, 3.8) is 0 Å². The van der Waals surface area contributed by atoms with Crippen molar-refractivity contribution in [2.45, 2.75) is 44.8 Å². The summed E-state index contributed by atoms with van der Waals surface area (Å²) in [6.07, 6.45) is 3.47. The number of allylic oxidation sites excluding steroid dienone is 1. The first-order valence-electron chi connectivity index (χ1n) is 8.73. The van der Waals surface area contributed by atoms with Gasteiger partial charge in [-0.15, -0.1) is 0 Å². The number of carbonyl (C=O) groups is 2. The predicted octanol–water partition coefficient (Wildman–Crippen LogP) is 1.33. The third-order valence-corrected chi connectivity index (χ3v) is 6.36. The summed E-state index contributed by atoms with van der Waals surface area (Å²) in [5, 5.41) is 32.7. The summed E-state index contributed by atoms with van der Waals surface area (Å²) in [6.45, 7) is 8.75. The van der Waals surface area contributed by atoms with E-state index >= 15 is 0 Å². The molecule has 3 rings (SSSR count). The van der Waals surface area contributed by atoms with Gasteiger partial charge in [0, 0.05) is 30.6 Å². The van der Waals surface area contributed by atoms with Crippen molar-refractivity contribution in [1.29, 1.82) is 0 Å². The lowest BCUT2D eigenvalue weighted by molar-refractivity contribution is -0.176. The van der Waals surface area contributed by atoms with Gasteiger partial charge in [0.15, 0.2) is 5.78 Å². The molecule has 5 nitrogen and oxygen atoms in total. The standard InChI is InChI=1S/C20H26O5/c1-10(2)17-14-7-13(9-21)8-19(24)16(5-11(3)18(19)23)20(14,25)12(4)6-15(17)22/h5,7,12,14,16-17,21,24-25H,1,6,8-9H2,2-4H3/t12-,14?,16-,17+,19-,20-/m1/s1. The topological polar surface area (TPSA) is 94.8 Å². The Labute approximate surface area is 147 Å². The fourth-order valence-electron chi connectivity index (χ4n) is 5.13. The average Bonchev–Trinajstić information content (AvgIpc) is 2.69. The zero-order valence-electron chi connectivity index (χ0n) is 15.0. The van der Waals surface area contributed by atoms with Crippen molar-refractivity contribution in [3.8, 4) is 0 Å². The number of rotatable bonds is 2. The molecule has 0 aromatic rings. The van der Waals surface area contributed by atoms with Gasteiger partial charge in [0.1, 0.15) is 11.4 Å². The van der Waals surface area contributed by atoms with Crippen LogP contribution in [0.3, 0.4) is 0 Å². The van der Waals surface area contributed by atoms with Crippen LogP contribution < -0.4 is 0 Å². The van der Waals surface area contributed by atoms with Gasteiger partial charge in [-0.05, 0) is 30.9 Å². The summed E-state index contributed by atoms with van der Waals surface area (Å²) in [4.78, 5) is 25.3. The minimum absolute atomic E-state index is 0.00122. The number of fused-ring (bicyclic) bond motifs is 3. The minimum atomic E-state index is -1.78. The molecule has 0 spiro atoms. The Morgan fingerprint density at radius 3 is 2.52 bits per heavy atom. The van der Waals surface area contributed by atoms with Gasteiger partial charge in [-0.2, -0.15) is 0 Å². The van der Waals surface area contributed by atoms with Gasteiger partial charge in [-0.3, -0.25) is 9.59 Å². The number of ketones is 2. The molecular formula is C20H26O5. The number of Topliss-reactive ketones (excluding diaryl/α,β-unsaturated/α-hetero) is 2. The maximum absolute atomic E-state index is 12.7. The summed E-state index contributed by atoms with van der Waals surface area (Å²) in [7, 11) is 0. The molecule has 0 aromatic carbocycles. The zero-order chi connectivity index (χ0) is 18.7. The first-order chi connectivity index (χ1) is 11.6. The van der Waals surface area contributed by atoms with Crippen LogP contribution >= 0.6 is 0 Å². The second kappa shape index (κ2) is 5.73. The molecule has 0 bridgehead atoms. The molecule has 136 valence electrons. The van der Waals surface area contributed by atoms with Gasteiger partial charge >= 0.3 is 0 Å². The van der Waals surface area contributed by atoms with E-state index in [1.807, 2.05) is 0 Å². The number of aliphatic hydroxyl groups excluding tert-OH is 1. The molecule has 0 radical (unpaired) electrons. The largest absolute Gasteiger partial charge is 0.392 e. The number of aliphatic hydroxyl groups is 3. The van der Waals surface area contributed by atoms with E-state index in [0.29, 0.717) is 16.7 Å². The van der Waals surface area contributed by atoms with Crippen LogP contribution in [-0.2, 0) is 9.59 Å². The summed E-state index contributed by atoms with van der Waals surface area (Å²) in [5.41, 5.74) is -1.72. The van der Waals surface area contributed by atoms with E-state index in [4.69, 9.17) is 0 Å². The van der Waals surface area contributed by atoms with Gasteiger partial charge < -0.3 is 15.3 Å². The van der Waals surface area contributed by atoms with E-state index in [0.717, 1.165) is 0 Å². The van der Waals surface area contributed by atoms with Crippen molar-refractivity contribution in [2.75, 3.05) is 6.61 Å². The maximum atomic E-state index is 12.7. The SMILES string of the molecule is C=C(C)[C@@H]1C(=O)C[C@@H](C)[C@@]2(O)C1C=C(CO)C[C@]1(O)C(=O)C(C)=C[C@@H]21. The van der Waals surface area contributed by atoms with Crippen molar-refractivity contribution < 1.29 is 24.9 Å². The van der Waals surface area contributed by atoms with Crippen molar-refractivity contribution >= 4 is 11.6 Å². The highest BCUT2D eigenvalue weighted by Crippen LogP contribution is 2.56. The first kappa shape index (κ1) is 18.2. The number of hydrogen-bond donors (Lipinski definition) is 3. The molecule has 1 saturated carbocycles. The fraction of sp³-hybridized carbons (Fsp3) is 0.600. The lowest BCUT2D eigenvalue weighted by atomic mass is 9.56. The molecule has 1 unspecified atom stereocenters. The third-order valence-electron chi connectivity index (χ3n) is 6.36. The van der Waals surface area contributed by atoms with Crippen LogP contribution in [0.25, 0.3) is 0 Å². The highest BCUT2D eigenvalue weighted by molar-refractivity contribution is 6.05. The predicted molar refractivity (Wildman–Crippen MR) is 92.5 cm³/mol. The van der Waals surface area contributed by atoms with E-state index in [9.17, 15) is 24.9 Å². The van der Waals surface area contributed by atoms with Gasteiger partial charge in [0.05, 0.1) is 12.2 Å². The normalized spacial score (nSPS) is 43.8. The quantitative estimate of drug-likeness (QED) is 0.656. The van der Waals surface area contributed by atoms with Gasteiger partial charge in [0.25, 0.3) is 0 Å². The van der Waals surface area contributed by atoms with E-state index in [1.165, 1.54) is 0 Å². The van der Waals surface area contributed by atoms with Gasteiger partial charge in [-0.25, -0.2) is 0 Å². The van der Waals surface area contributed by atoms with E-state index in [-0.39, 0.29) is 25.2 Å². The van der Waals surface area contributed by atoms with Crippen LogP contribution in [0.5, 0.6) is 0 Å². The van der Waals surface area contributed by atoms with Crippen LogP contribution in [0.2, 0.25) is 0 Å². The summed E-state index contributed by atoms with van der Waals surface area (Å²) in [6, 6.07) is 0. The molecule has 3 N–H and O–H groups in total. The molecule has 6 atom stereocenters. The Morgan fingerprint density at radius 1 is 1.32 bits per heavy atom.